The summed E-state index contributed by atoms with van der Waals surface area (Å²) in [5.41, 5.74) is 3.67. The zero-order valence-corrected chi connectivity index (χ0v) is 22.8. The van der Waals surface area contributed by atoms with Crippen molar-refractivity contribution in [2.75, 3.05) is 13.2 Å². The Kier molecular flexibility index (Phi) is 9.07. The van der Waals surface area contributed by atoms with Crippen LogP contribution in [0.1, 0.15) is 44.4 Å². The average molecular weight is 532 g/mol. The molecule has 0 saturated carbocycles. The summed E-state index contributed by atoms with van der Waals surface area (Å²) >= 11 is 1.45. The number of esters is 1. The number of hydrogen-bond donors (Lipinski definition) is 1. The van der Waals surface area contributed by atoms with Gasteiger partial charge in [-0.1, -0.05) is 80.7 Å². The predicted octanol–water partition coefficient (Wildman–Crippen LogP) is 5.73. The number of aliphatic imine (C=N–C) groups is 1. The van der Waals surface area contributed by atoms with Gasteiger partial charge in [0.2, 0.25) is 5.91 Å². The Hall–Kier alpha value is -3.78. The highest BCUT2D eigenvalue weighted by atomic mass is 32.2. The van der Waals surface area contributed by atoms with Gasteiger partial charge in [0, 0.05) is 12.2 Å². The van der Waals surface area contributed by atoms with Gasteiger partial charge in [0.15, 0.2) is 5.17 Å². The van der Waals surface area contributed by atoms with Crippen LogP contribution in [0.3, 0.4) is 0 Å². The summed E-state index contributed by atoms with van der Waals surface area (Å²) in [4.78, 5) is 32.7. The molecule has 0 aromatic heterocycles. The van der Waals surface area contributed by atoms with E-state index >= 15 is 0 Å². The first-order valence-corrected chi connectivity index (χ1v) is 13.5. The number of thioether (sulfide) groups is 1. The monoisotopic (exact) mass is 531 g/mol. The smallest absolute Gasteiger partial charge is 0.338 e. The molecule has 38 heavy (non-hydrogen) atoms. The van der Waals surface area contributed by atoms with Crippen molar-refractivity contribution in [3.8, 4) is 5.75 Å². The summed E-state index contributed by atoms with van der Waals surface area (Å²) in [5, 5.41) is 5.63. The number of hydrogen-bond acceptors (Lipinski definition) is 7. The first-order valence-electron chi connectivity index (χ1n) is 12.6. The number of allylic oxidation sites excluding steroid dienone is 1. The number of ether oxygens (including phenoxy) is 2. The van der Waals surface area contributed by atoms with Gasteiger partial charge < -0.3 is 19.7 Å². The number of carbonyl (C=O) groups is 2. The summed E-state index contributed by atoms with van der Waals surface area (Å²) in [6.45, 7) is 10.7. The largest absolute Gasteiger partial charge is 0.489 e. The van der Waals surface area contributed by atoms with E-state index in [1.54, 1.807) is 0 Å². The van der Waals surface area contributed by atoms with Crippen LogP contribution in [0.5, 0.6) is 5.75 Å². The van der Waals surface area contributed by atoms with E-state index in [1.807, 2.05) is 71.8 Å². The van der Waals surface area contributed by atoms with Crippen molar-refractivity contribution in [3.05, 3.63) is 101 Å². The van der Waals surface area contributed by atoms with Crippen LogP contribution in [0.15, 0.2) is 94.6 Å². The van der Waals surface area contributed by atoms with Crippen LogP contribution < -0.4 is 10.1 Å². The molecule has 198 valence electrons. The molecule has 0 aliphatic carbocycles. The number of benzene rings is 2. The number of rotatable bonds is 11. The summed E-state index contributed by atoms with van der Waals surface area (Å²) in [5.74, 6) is 0.485. The predicted molar refractivity (Wildman–Crippen MR) is 151 cm³/mol. The van der Waals surface area contributed by atoms with E-state index in [4.69, 9.17) is 14.5 Å². The molecule has 7 nitrogen and oxygen atoms in total. The number of amides is 1. The average Bonchev–Trinajstić information content (AvgIpc) is 3.30. The molecule has 1 N–H and O–H groups in total. The van der Waals surface area contributed by atoms with Gasteiger partial charge in [-0.25, -0.2) is 9.79 Å². The van der Waals surface area contributed by atoms with Gasteiger partial charge in [-0.2, -0.15) is 0 Å². The summed E-state index contributed by atoms with van der Waals surface area (Å²) in [6, 6.07) is 17.1. The van der Waals surface area contributed by atoms with Crippen molar-refractivity contribution >= 4 is 28.8 Å². The van der Waals surface area contributed by atoms with Gasteiger partial charge in [-0.05, 0) is 41.5 Å². The Morgan fingerprint density at radius 3 is 2.71 bits per heavy atom. The minimum Gasteiger partial charge on any atom is -0.489 e. The lowest BCUT2D eigenvalue weighted by molar-refractivity contribution is -0.138. The van der Waals surface area contributed by atoms with Crippen molar-refractivity contribution < 1.29 is 19.1 Å². The second-order valence-corrected chi connectivity index (χ2v) is 10.3. The molecule has 0 saturated heterocycles. The number of nitrogens with zero attached hydrogens (tertiary/aromatic N) is 2. The van der Waals surface area contributed by atoms with Gasteiger partial charge in [-0.15, -0.1) is 0 Å². The molecule has 2 heterocycles. The molecule has 0 fully saturated rings. The third kappa shape index (κ3) is 6.55. The Morgan fingerprint density at radius 1 is 1.18 bits per heavy atom. The molecule has 1 unspecified atom stereocenters. The quantitative estimate of drug-likeness (QED) is 0.295. The van der Waals surface area contributed by atoms with E-state index in [-0.39, 0.29) is 18.9 Å². The molecule has 0 spiro atoms. The molecule has 2 aromatic carbocycles. The van der Waals surface area contributed by atoms with Gasteiger partial charge >= 0.3 is 5.97 Å². The third-order valence-corrected chi connectivity index (χ3v) is 6.91. The molecule has 0 radical (unpaired) electrons. The molecular weight excluding hydrogens is 498 g/mol. The summed E-state index contributed by atoms with van der Waals surface area (Å²) in [7, 11) is 0. The molecule has 2 aliphatic heterocycles. The maximum atomic E-state index is 13.3. The molecule has 2 aromatic rings. The topological polar surface area (TPSA) is 80.2 Å². The second-order valence-electron chi connectivity index (χ2n) is 9.50. The van der Waals surface area contributed by atoms with Crippen LogP contribution in [-0.4, -0.2) is 35.1 Å². The molecular formula is C30H33N3O4S. The molecule has 8 heteroatoms. The van der Waals surface area contributed by atoms with Gasteiger partial charge in [0.05, 0.1) is 23.7 Å². The fourth-order valence-electron chi connectivity index (χ4n) is 4.22. The fourth-order valence-corrected chi connectivity index (χ4v) is 5.18. The summed E-state index contributed by atoms with van der Waals surface area (Å²) < 4.78 is 11.6. The zero-order valence-electron chi connectivity index (χ0n) is 22.0. The van der Waals surface area contributed by atoms with Crippen LogP contribution >= 0.6 is 11.8 Å². The molecule has 0 bridgehead atoms. The molecule has 2 aliphatic rings. The Balaban J connectivity index is 1.66. The Morgan fingerprint density at radius 2 is 1.97 bits per heavy atom. The minimum absolute atomic E-state index is 0.0763. The normalized spacial score (nSPS) is 16.5. The van der Waals surface area contributed by atoms with Crippen molar-refractivity contribution in [1.29, 1.82) is 0 Å². The van der Waals surface area contributed by atoms with Gasteiger partial charge in [-0.3, -0.25) is 4.79 Å². The van der Waals surface area contributed by atoms with Gasteiger partial charge in [0.25, 0.3) is 0 Å². The van der Waals surface area contributed by atoms with E-state index in [0.29, 0.717) is 36.1 Å². The minimum atomic E-state index is -0.528. The van der Waals surface area contributed by atoms with Crippen LogP contribution in [0.2, 0.25) is 0 Å². The van der Waals surface area contributed by atoms with E-state index in [9.17, 15) is 9.59 Å². The SMILES string of the molecule is C=CCOC(=O)C1=C(C)N=C2SC=C(CC(=O)NCC(C)C)N2C1c1cccc(OCc2ccccc2)c1. The fraction of sp³-hybridized carbons (Fsp3) is 0.300. The Bertz CT molecular complexity index is 1280. The molecule has 1 amide bonds. The van der Waals surface area contributed by atoms with E-state index in [0.717, 1.165) is 22.0 Å². The van der Waals surface area contributed by atoms with Gasteiger partial charge in [0.1, 0.15) is 19.0 Å². The number of amidine groups is 1. The number of nitrogens with one attached hydrogen (secondary N) is 1. The maximum Gasteiger partial charge on any atom is 0.338 e. The number of fused-ring (bicyclic) bond motifs is 1. The van der Waals surface area contributed by atoms with Crippen LogP contribution in [0, 0.1) is 5.92 Å². The van der Waals surface area contributed by atoms with E-state index in [2.05, 4.69) is 25.7 Å². The van der Waals surface area contributed by atoms with Crippen LogP contribution in [0.25, 0.3) is 0 Å². The van der Waals surface area contributed by atoms with Crippen molar-refractivity contribution in [1.82, 2.24) is 10.2 Å². The van der Waals surface area contributed by atoms with Crippen LogP contribution in [-0.2, 0) is 20.9 Å². The highest BCUT2D eigenvalue weighted by molar-refractivity contribution is 8.16. The zero-order chi connectivity index (χ0) is 27.1. The lowest BCUT2D eigenvalue weighted by Crippen LogP contribution is -2.38. The van der Waals surface area contributed by atoms with E-state index in [1.165, 1.54) is 17.8 Å². The van der Waals surface area contributed by atoms with Crippen LogP contribution in [0.4, 0.5) is 0 Å². The highest BCUT2D eigenvalue weighted by Gasteiger charge is 2.41. The maximum absolute atomic E-state index is 13.3. The van der Waals surface area contributed by atoms with Crippen molar-refractivity contribution in [2.24, 2.45) is 10.9 Å². The lowest BCUT2D eigenvalue weighted by atomic mass is 9.93. The highest BCUT2D eigenvalue weighted by Crippen LogP contribution is 2.45. The second kappa shape index (κ2) is 12.6. The molecule has 4 rings (SSSR count). The van der Waals surface area contributed by atoms with E-state index < -0.39 is 12.0 Å². The van der Waals surface area contributed by atoms with Crippen molar-refractivity contribution in [3.63, 3.8) is 0 Å². The first-order chi connectivity index (χ1) is 18.4. The standard InChI is InChI=1S/C30H33N3O4S/c1-5-14-36-29(35)27-21(4)32-30-33(24(19-38-30)16-26(34)31-17-20(2)3)28(27)23-12-9-13-25(15-23)37-18-22-10-7-6-8-11-22/h5-13,15,19-20,28H,1,14,16-18H2,2-4H3,(H,31,34). The molecule has 1 atom stereocenters. The first kappa shape index (κ1) is 27.3. The lowest BCUT2D eigenvalue weighted by Gasteiger charge is -2.36. The third-order valence-electron chi connectivity index (χ3n) is 6.02. The summed E-state index contributed by atoms with van der Waals surface area (Å²) in [6.07, 6.45) is 1.71. The Labute approximate surface area is 228 Å². The number of carbonyl (C=O) groups excluding carboxylic acids is 2. The van der Waals surface area contributed by atoms with Crippen molar-refractivity contribution in [2.45, 2.75) is 39.8 Å².